The summed E-state index contributed by atoms with van der Waals surface area (Å²) in [5, 5.41) is 0.0925. The van der Waals surface area contributed by atoms with Crippen molar-refractivity contribution in [2.75, 3.05) is 18.8 Å². The van der Waals surface area contributed by atoms with Crippen LogP contribution in [0.3, 0.4) is 0 Å². The number of hydrogen-bond acceptors (Lipinski definition) is 4. The number of nitrogens with zero attached hydrogens (tertiary/aromatic N) is 2. The molecule has 0 radical (unpaired) electrons. The first-order valence-corrected chi connectivity index (χ1v) is 11.3. The van der Waals surface area contributed by atoms with Crippen LogP contribution in [0.5, 0.6) is 0 Å². The van der Waals surface area contributed by atoms with Gasteiger partial charge in [-0.2, -0.15) is 0 Å². The van der Waals surface area contributed by atoms with Gasteiger partial charge in [-0.05, 0) is 51.0 Å². The van der Waals surface area contributed by atoms with E-state index in [0.29, 0.717) is 30.7 Å². The summed E-state index contributed by atoms with van der Waals surface area (Å²) in [7, 11) is 0. The van der Waals surface area contributed by atoms with E-state index in [1.54, 1.807) is 11.8 Å². The molecular weight excluding hydrogens is 372 g/mol. The normalized spacial score (nSPS) is 30.5. The van der Waals surface area contributed by atoms with Gasteiger partial charge in [0.15, 0.2) is 0 Å². The zero-order valence-electron chi connectivity index (χ0n) is 17.0. The topological polar surface area (TPSA) is 49.9 Å². The van der Waals surface area contributed by atoms with E-state index < -0.39 is 5.60 Å². The minimum absolute atomic E-state index is 0.0925. The molecule has 0 N–H and O–H groups in total. The molecule has 28 heavy (non-hydrogen) atoms. The van der Waals surface area contributed by atoms with Crippen molar-refractivity contribution in [3.05, 3.63) is 35.9 Å². The molecule has 2 saturated heterocycles. The Kier molecular flexibility index (Phi) is 5.34. The van der Waals surface area contributed by atoms with Crippen molar-refractivity contribution in [2.24, 2.45) is 11.8 Å². The number of carbonyl (C=O) groups excluding carboxylic acids is 2. The van der Waals surface area contributed by atoms with Crippen LogP contribution >= 0.6 is 11.8 Å². The Labute approximate surface area is 171 Å². The van der Waals surface area contributed by atoms with Crippen LogP contribution in [0.1, 0.15) is 51.0 Å². The van der Waals surface area contributed by atoms with Crippen molar-refractivity contribution in [2.45, 2.75) is 57.1 Å². The second-order valence-electron chi connectivity index (χ2n) is 9.20. The number of likely N-dealkylation sites (tertiary alicyclic amines) is 1. The number of benzene rings is 1. The minimum Gasteiger partial charge on any atom is -0.444 e. The Bertz CT molecular complexity index is 719. The fourth-order valence-electron chi connectivity index (χ4n) is 4.97. The Hall–Kier alpha value is -1.69. The highest BCUT2D eigenvalue weighted by atomic mass is 32.2. The lowest BCUT2D eigenvalue weighted by Gasteiger charge is -2.51. The molecule has 3 atom stereocenters. The van der Waals surface area contributed by atoms with Crippen molar-refractivity contribution in [1.82, 2.24) is 9.80 Å². The Morgan fingerprint density at radius 1 is 1.11 bits per heavy atom. The Balaban J connectivity index is 1.55. The maximum atomic E-state index is 12.9. The van der Waals surface area contributed by atoms with E-state index >= 15 is 0 Å². The van der Waals surface area contributed by atoms with Crippen molar-refractivity contribution >= 4 is 23.8 Å². The maximum Gasteiger partial charge on any atom is 0.410 e. The second-order valence-corrected chi connectivity index (χ2v) is 10.3. The quantitative estimate of drug-likeness (QED) is 0.740. The molecule has 2 amide bonds. The molecule has 1 aromatic carbocycles. The summed E-state index contributed by atoms with van der Waals surface area (Å²) in [4.78, 5) is 29.6. The summed E-state index contributed by atoms with van der Waals surface area (Å²) in [5.41, 5.74) is 0.717. The third-order valence-corrected chi connectivity index (χ3v) is 7.22. The third-order valence-electron chi connectivity index (χ3n) is 5.99. The standard InChI is InChI=1S/C22H30N2O3S/c1-22(2,3)27-21(26)23-12-16-10-7-11-17(13-23)19(16)24-18(25)14-28-20(24)15-8-5-4-6-9-15/h4-6,8-9,16-17,19-20H,7,10-14H2,1-3H3. The van der Waals surface area contributed by atoms with Crippen LogP contribution in [0.4, 0.5) is 4.79 Å². The van der Waals surface area contributed by atoms with Gasteiger partial charge in [-0.3, -0.25) is 4.79 Å². The molecule has 3 aliphatic rings. The van der Waals surface area contributed by atoms with E-state index in [-0.39, 0.29) is 23.4 Å². The molecule has 152 valence electrons. The van der Waals surface area contributed by atoms with E-state index in [0.717, 1.165) is 12.8 Å². The predicted molar refractivity (Wildman–Crippen MR) is 111 cm³/mol. The number of amides is 2. The molecule has 2 aliphatic heterocycles. The van der Waals surface area contributed by atoms with Crippen LogP contribution < -0.4 is 0 Å². The monoisotopic (exact) mass is 402 g/mol. The zero-order chi connectivity index (χ0) is 19.9. The number of carbonyl (C=O) groups is 2. The van der Waals surface area contributed by atoms with E-state index in [9.17, 15) is 9.59 Å². The number of fused-ring (bicyclic) bond motifs is 2. The van der Waals surface area contributed by atoms with E-state index in [4.69, 9.17) is 4.74 Å². The minimum atomic E-state index is -0.483. The van der Waals surface area contributed by atoms with Gasteiger partial charge in [0.25, 0.3) is 0 Å². The smallest absolute Gasteiger partial charge is 0.410 e. The lowest BCUT2D eigenvalue weighted by atomic mass is 9.72. The molecule has 3 fully saturated rings. The van der Waals surface area contributed by atoms with Crippen LogP contribution in [0.2, 0.25) is 0 Å². The highest BCUT2D eigenvalue weighted by Gasteiger charge is 2.49. The van der Waals surface area contributed by atoms with Crippen LogP contribution in [0.25, 0.3) is 0 Å². The summed E-state index contributed by atoms with van der Waals surface area (Å²) in [5.74, 6) is 1.44. The SMILES string of the molecule is CC(C)(C)OC(=O)N1CC2CCCC(C1)C2N1C(=O)CSC1c1ccccc1. The molecule has 2 bridgehead atoms. The number of piperidine rings is 1. The molecule has 1 aliphatic carbocycles. The van der Waals surface area contributed by atoms with Gasteiger partial charge in [-0.1, -0.05) is 36.8 Å². The van der Waals surface area contributed by atoms with Gasteiger partial charge in [0, 0.05) is 19.1 Å². The summed E-state index contributed by atoms with van der Waals surface area (Å²) < 4.78 is 5.62. The number of ether oxygens (including phenoxy) is 1. The van der Waals surface area contributed by atoms with E-state index in [1.165, 1.54) is 12.0 Å². The van der Waals surface area contributed by atoms with Gasteiger partial charge in [0.2, 0.25) is 5.91 Å². The first-order valence-electron chi connectivity index (χ1n) is 10.3. The van der Waals surface area contributed by atoms with E-state index in [2.05, 4.69) is 17.0 Å². The number of rotatable bonds is 2. The second kappa shape index (κ2) is 7.62. The lowest BCUT2D eigenvalue weighted by Crippen LogP contribution is -2.60. The average Bonchev–Trinajstić information content (AvgIpc) is 3.01. The van der Waals surface area contributed by atoms with Crippen molar-refractivity contribution in [1.29, 1.82) is 0 Å². The van der Waals surface area contributed by atoms with Gasteiger partial charge in [-0.15, -0.1) is 11.8 Å². The highest BCUT2D eigenvalue weighted by molar-refractivity contribution is 8.00. The van der Waals surface area contributed by atoms with Crippen LogP contribution in [-0.4, -0.2) is 52.3 Å². The predicted octanol–water partition coefficient (Wildman–Crippen LogP) is 4.30. The highest BCUT2D eigenvalue weighted by Crippen LogP contribution is 2.47. The molecule has 6 heteroatoms. The zero-order valence-corrected chi connectivity index (χ0v) is 17.8. The Morgan fingerprint density at radius 2 is 1.75 bits per heavy atom. The molecule has 1 saturated carbocycles. The van der Waals surface area contributed by atoms with Gasteiger partial charge in [-0.25, -0.2) is 4.79 Å². The van der Waals surface area contributed by atoms with E-state index in [1.807, 2.05) is 43.9 Å². The molecule has 5 nitrogen and oxygen atoms in total. The fraction of sp³-hybridized carbons (Fsp3) is 0.636. The van der Waals surface area contributed by atoms with Crippen LogP contribution in [-0.2, 0) is 9.53 Å². The average molecular weight is 403 g/mol. The van der Waals surface area contributed by atoms with Crippen LogP contribution in [0, 0.1) is 11.8 Å². The molecule has 1 aromatic rings. The van der Waals surface area contributed by atoms with Gasteiger partial charge in [0.1, 0.15) is 11.0 Å². The number of thioether (sulfide) groups is 1. The lowest BCUT2D eigenvalue weighted by molar-refractivity contribution is -0.136. The molecule has 4 rings (SSSR count). The molecule has 2 heterocycles. The Morgan fingerprint density at radius 3 is 2.36 bits per heavy atom. The van der Waals surface area contributed by atoms with Crippen molar-refractivity contribution < 1.29 is 14.3 Å². The molecular formula is C22H30N2O3S. The van der Waals surface area contributed by atoms with Gasteiger partial charge < -0.3 is 14.5 Å². The summed E-state index contributed by atoms with van der Waals surface area (Å²) in [6.45, 7) is 7.09. The third kappa shape index (κ3) is 3.88. The van der Waals surface area contributed by atoms with Crippen molar-refractivity contribution in [3.63, 3.8) is 0 Å². The summed E-state index contributed by atoms with van der Waals surface area (Å²) >= 11 is 1.73. The first kappa shape index (κ1) is 19.6. The summed E-state index contributed by atoms with van der Waals surface area (Å²) in [6.07, 6.45) is 3.09. The fourth-order valence-corrected chi connectivity index (χ4v) is 6.19. The first-order chi connectivity index (χ1) is 13.3. The molecule has 3 unspecified atom stereocenters. The summed E-state index contributed by atoms with van der Waals surface area (Å²) in [6, 6.07) is 10.6. The van der Waals surface area contributed by atoms with Gasteiger partial charge >= 0.3 is 6.09 Å². The maximum absolute atomic E-state index is 12.9. The molecule has 0 aromatic heterocycles. The van der Waals surface area contributed by atoms with Crippen LogP contribution in [0.15, 0.2) is 30.3 Å². The molecule has 0 spiro atoms. The number of hydrogen-bond donors (Lipinski definition) is 0. The van der Waals surface area contributed by atoms with Crippen molar-refractivity contribution in [3.8, 4) is 0 Å². The largest absolute Gasteiger partial charge is 0.444 e. The van der Waals surface area contributed by atoms with Gasteiger partial charge in [0.05, 0.1) is 5.75 Å².